The van der Waals surface area contributed by atoms with Crippen molar-refractivity contribution in [2.75, 3.05) is 0 Å². The van der Waals surface area contributed by atoms with Crippen LogP contribution in [0.1, 0.15) is 51.7 Å². The molecule has 184 valence electrons. The van der Waals surface area contributed by atoms with Crippen LogP contribution in [0, 0.1) is 11.8 Å². The van der Waals surface area contributed by atoms with Gasteiger partial charge in [0.2, 0.25) is 0 Å². The van der Waals surface area contributed by atoms with Gasteiger partial charge < -0.3 is 21.3 Å². The molecule has 0 saturated heterocycles. The minimum Gasteiger partial charge on any atom is -0.480 e. The molecule has 0 saturated carbocycles. The Hall–Kier alpha value is -2.41. The normalized spacial score (nSPS) is 12.1. The summed E-state index contributed by atoms with van der Waals surface area (Å²) in [4.78, 5) is 21.1. The maximum absolute atomic E-state index is 11.0. The number of carboxylic acid groups (broad SMARTS) is 2. The topological polar surface area (TPSA) is 113 Å². The molecule has 0 aromatic heterocycles. The highest BCUT2D eigenvalue weighted by molar-refractivity contribution is 6.17. The predicted molar refractivity (Wildman–Crippen MR) is 135 cm³/mol. The first-order chi connectivity index (χ1) is 15.6. The lowest BCUT2D eigenvalue weighted by Crippen LogP contribution is -2.37. The van der Waals surface area contributed by atoms with E-state index >= 15 is 0 Å². The Morgan fingerprint density at radius 2 is 1.27 bits per heavy atom. The predicted octanol–water partition coefficient (Wildman–Crippen LogP) is 5.15. The minimum absolute atomic E-state index is 0.357. The number of nitrogens with two attached hydrogens (primary N) is 1. The number of carbonyl (C=O) groups is 2. The number of carboxylic acids is 2. The fourth-order valence-electron chi connectivity index (χ4n) is 2.76. The zero-order valence-corrected chi connectivity index (χ0v) is 20.8. The van der Waals surface area contributed by atoms with Gasteiger partial charge in [0.1, 0.15) is 12.1 Å². The fourth-order valence-corrected chi connectivity index (χ4v) is 2.93. The highest BCUT2D eigenvalue weighted by atomic mass is 35.5. The quantitative estimate of drug-likeness (QED) is 0.351. The van der Waals surface area contributed by atoms with Crippen LogP contribution >= 0.6 is 11.6 Å². The molecule has 0 amide bonds. The van der Waals surface area contributed by atoms with Crippen molar-refractivity contribution in [2.45, 2.75) is 65.0 Å². The van der Waals surface area contributed by atoms with Crippen molar-refractivity contribution in [2.24, 2.45) is 17.6 Å². The van der Waals surface area contributed by atoms with E-state index in [0.717, 1.165) is 5.56 Å². The van der Waals surface area contributed by atoms with Gasteiger partial charge in [-0.05, 0) is 35.8 Å². The SMILES string of the molecule is CC(C)C[C@H](N)C(=O)O.CC(C)C[C@H](NCc1ccccc1)C(=O)O.ClCc1ccccc1. The fraction of sp³-hybridized carbons (Fsp3) is 0.462. The number of alkyl halides is 1. The van der Waals surface area contributed by atoms with Crippen molar-refractivity contribution in [3.8, 4) is 0 Å². The third-order valence-electron chi connectivity index (χ3n) is 4.44. The Balaban J connectivity index is 0.000000510. The highest BCUT2D eigenvalue weighted by Gasteiger charge is 2.17. The number of halogens is 1. The van der Waals surface area contributed by atoms with Gasteiger partial charge in [-0.15, -0.1) is 11.6 Å². The van der Waals surface area contributed by atoms with Gasteiger partial charge in [-0.25, -0.2) is 0 Å². The van der Waals surface area contributed by atoms with E-state index in [0.29, 0.717) is 37.1 Å². The Kier molecular flexibility index (Phi) is 16.7. The molecule has 0 aliphatic rings. The summed E-state index contributed by atoms with van der Waals surface area (Å²) >= 11 is 5.53. The van der Waals surface area contributed by atoms with Crippen LogP contribution in [0.3, 0.4) is 0 Å². The Morgan fingerprint density at radius 3 is 1.58 bits per heavy atom. The van der Waals surface area contributed by atoms with Crippen molar-refractivity contribution in [3.63, 3.8) is 0 Å². The maximum atomic E-state index is 11.0. The lowest BCUT2D eigenvalue weighted by Gasteiger charge is -2.16. The first kappa shape index (κ1) is 30.6. The Bertz CT molecular complexity index is 770. The van der Waals surface area contributed by atoms with E-state index in [1.807, 2.05) is 88.4 Å². The van der Waals surface area contributed by atoms with Crippen LogP contribution < -0.4 is 11.1 Å². The van der Waals surface area contributed by atoms with Crippen molar-refractivity contribution in [3.05, 3.63) is 71.8 Å². The Morgan fingerprint density at radius 1 is 0.818 bits per heavy atom. The molecule has 2 atom stereocenters. The number of aliphatic carboxylic acids is 2. The smallest absolute Gasteiger partial charge is 0.320 e. The van der Waals surface area contributed by atoms with Crippen molar-refractivity contribution in [1.29, 1.82) is 0 Å². The molecule has 5 N–H and O–H groups in total. The van der Waals surface area contributed by atoms with Gasteiger partial charge >= 0.3 is 11.9 Å². The lowest BCUT2D eigenvalue weighted by atomic mass is 10.0. The van der Waals surface area contributed by atoms with Gasteiger partial charge in [-0.1, -0.05) is 88.4 Å². The molecule has 0 aliphatic heterocycles. The molecule has 2 aromatic carbocycles. The van der Waals surface area contributed by atoms with Gasteiger partial charge in [0.15, 0.2) is 0 Å². The lowest BCUT2D eigenvalue weighted by molar-refractivity contribution is -0.140. The van der Waals surface area contributed by atoms with Gasteiger partial charge in [0.05, 0.1) is 0 Å². The molecule has 0 aliphatic carbocycles. The monoisotopic (exact) mass is 478 g/mol. The zero-order valence-electron chi connectivity index (χ0n) is 20.1. The van der Waals surface area contributed by atoms with E-state index in [9.17, 15) is 9.59 Å². The minimum atomic E-state index is -0.913. The van der Waals surface area contributed by atoms with Gasteiger partial charge in [-0.3, -0.25) is 9.59 Å². The number of hydrogen-bond acceptors (Lipinski definition) is 4. The molecule has 0 radical (unpaired) electrons. The summed E-state index contributed by atoms with van der Waals surface area (Å²) in [6.45, 7) is 8.55. The molecule has 33 heavy (non-hydrogen) atoms. The van der Waals surface area contributed by atoms with Crippen LogP contribution in [0.15, 0.2) is 60.7 Å². The highest BCUT2D eigenvalue weighted by Crippen LogP contribution is 2.06. The average molecular weight is 479 g/mol. The third-order valence-corrected chi connectivity index (χ3v) is 4.75. The van der Waals surface area contributed by atoms with Crippen LogP contribution in [-0.2, 0) is 22.0 Å². The van der Waals surface area contributed by atoms with E-state index in [-0.39, 0.29) is 0 Å². The summed E-state index contributed by atoms with van der Waals surface area (Å²) < 4.78 is 0. The molecular formula is C26H39ClN2O4. The summed E-state index contributed by atoms with van der Waals surface area (Å²) in [5, 5.41) is 20.4. The van der Waals surface area contributed by atoms with Crippen molar-refractivity contribution < 1.29 is 19.8 Å². The summed E-state index contributed by atoms with van der Waals surface area (Å²) in [7, 11) is 0. The second-order valence-corrected chi connectivity index (χ2v) is 8.85. The van der Waals surface area contributed by atoms with E-state index in [1.54, 1.807) is 0 Å². The Labute approximate surface area is 203 Å². The molecule has 0 bridgehead atoms. The molecule has 0 fully saturated rings. The summed E-state index contributed by atoms with van der Waals surface area (Å²) in [5.74, 6) is -0.338. The second kappa shape index (κ2) is 18.1. The van der Waals surface area contributed by atoms with Gasteiger partial charge in [-0.2, -0.15) is 0 Å². The summed E-state index contributed by atoms with van der Waals surface area (Å²) in [5.41, 5.74) is 7.50. The number of benzene rings is 2. The number of rotatable bonds is 10. The van der Waals surface area contributed by atoms with Crippen LogP contribution in [-0.4, -0.2) is 34.2 Å². The molecule has 7 heteroatoms. The van der Waals surface area contributed by atoms with E-state index in [2.05, 4.69) is 5.32 Å². The van der Waals surface area contributed by atoms with Crippen LogP contribution in [0.5, 0.6) is 0 Å². The zero-order chi connectivity index (χ0) is 25.2. The van der Waals surface area contributed by atoms with Crippen molar-refractivity contribution >= 4 is 23.5 Å². The molecule has 0 heterocycles. The van der Waals surface area contributed by atoms with Gasteiger partial charge in [0.25, 0.3) is 0 Å². The van der Waals surface area contributed by atoms with Gasteiger partial charge in [0, 0.05) is 12.4 Å². The first-order valence-corrected chi connectivity index (χ1v) is 11.7. The standard InChI is InChI=1S/C13H19NO2.C7H7Cl.C6H13NO2/c1-10(2)8-12(13(15)16)14-9-11-6-4-3-5-7-11;8-6-7-4-2-1-3-5-7;1-4(2)3-5(7)6(8)9/h3-7,10,12,14H,8-9H2,1-2H3,(H,15,16);1-5H,6H2;4-5H,3,7H2,1-2H3,(H,8,9)/t12-;;5-/m0.0/s1. The van der Waals surface area contributed by atoms with E-state index in [1.165, 1.54) is 5.56 Å². The van der Waals surface area contributed by atoms with Crippen LogP contribution in [0.4, 0.5) is 0 Å². The van der Waals surface area contributed by atoms with E-state index < -0.39 is 24.0 Å². The van der Waals surface area contributed by atoms with Crippen molar-refractivity contribution in [1.82, 2.24) is 5.32 Å². The largest absolute Gasteiger partial charge is 0.480 e. The summed E-state index contributed by atoms with van der Waals surface area (Å²) in [6.07, 6.45) is 1.21. The number of hydrogen-bond donors (Lipinski definition) is 4. The average Bonchev–Trinajstić information content (AvgIpc) is 2.78. The maximum Gasteiger partial charge on any atom is 0.320 e. The molecule has 6 nitrogen and oxygen atoms in total. The third kappa shape index (κ3) is 16.8. The van der Waals surface area contributed by atoms with E-state index in [4.69, 9.17) is 27.5 Å². The molecule has 0 unspecified atom stereocenters. The summed E-state index contributed by atoms with van der Waals surface area (Å²) in [6, 6.07) is 18.6. The molecule has 0 spiro atoms. The van der Waals surface area contributed by atoms with Crippen LogP contribution in [0.2, 0.25) is 0 Å². The first-order valence-electron chi connectivity index (χ1n) is 11.1. The van der Waals surface area contributed by atoms with Crippen LogP contribution in [0.25, 0.3) is 0 Å². The molecule has 2 rings (SSSR count). The second-order valence-electron chi connectivity index (χ2n) is 8.58. The molecule has 2 aromatic rings. The number of nitrogens with one attached hydrogen (secondary N) is 1. The molecular weight excluding hydrogens is 440 g/mol.